The number of carbonyl (C=O) groups is 1. The summed E-state index contributed by atoms with van der Waals surface area (Å²) in [5.74, 6) is -0.382. The van der Waals surface area contributed by atoms with Gasteiger partial charge in [0.25, 0.3) is 0 Å². The first kappa shape index (κ1) is 16.7. The largest absolute Gasteiger partial charge is 0.465 e. The minimum absolute atomic E-state index is 0.0685. The first-order valence-corrected chi connectivity index (χ1v) is 7.48. The molecule has 1 heterocycles. The van der Waals surface area contributed by atoms with Crippen LogP contribution in [-0.4, -0.2) is 45.4 Å². The van der Waals surface area contributed by atoms with Gasteiger partial charge in [0.1, 0.15) is 22.0 Å². The molecule has 1 aromatic heterocycles. The lowest BCUT2D eigenvalue weighted by Crippen LogP contribution is -2.40. The first-order chi connectivity index (χ1) is 9.18. The van der Waals surface area contributed by atoms with Crippen LogP contribution < -0.4 is 5.73 Å². The summed E-state index contributed by atoms with van der Waals surface area (Å²) in [6.45, 7) is 4.86. The van der Waals surface area contributed by atoms with Crippen molar-refractivity contribution in [2.75, 3.05) is 20.7 Å². The number of furan rings is 1. The van der Waals surface area contributed by atoms with Crippen LogP contribution >= 0.6 is 0 Å². The summed E-state index contributed by atoms with van der Waals surface area (Å²) >= 11 is 0. The van der Waals surface area contributed by atoms with Crippen molar-refractivity contribution < 1.29 is 22.4 Å². The second kappa shape index (κ2) is 5.94. The van der Waals surface area contributed by atoms with Crippen molar-refractivity contribution in [3.63, 3.8) is 0 Å². The van der Waals surface area contributed by atoms with Crippen LogP contribution in [0.1, 0.15) is 28.8 Å². The molecule has 0 saturated carbocycles. The fraction of sp³-hybridized carbons (Fsp3) is 0.583. The maximum atomic E-state index is 12.6. The SMILES string of the molecule is COC(=O)c1c(C)oc(C)c1S(=O)(=O)N(C)C(C)CN. The van der Waals surface area contributed by atoms with Crippen molar-refractivity contribution in [2.45, 2.75) is 31.7 Å². The number of carbonyl (C=O) groups excluding carboxylic acids is 1. The zero-order valence-electron chi connectivity index (χ0n) is 12.3. The lowest BCUT2D eigenvalue weighted by Gasteiger charge is -2.23. The molecule has 0 bridgehead atoms. The minimum Gasteiger partial charge on any atom is -0.465 e. The van der Waals surface area contributed by atoms with Gasteiger partial charge in [0.05, 0.1) is 7.11 Å². The number of esters is 1. The van der Waals surface area contributed by atoms with E-state index in [1.165, 1.54) is 28.0 Å². The Morgan fingerprint density at radius 2 is 1.95 bits per heavy atom. The van der Waals surface area contributed by atoms with Crippen molar-refractivity contribution in [1.29, 1.82) is 0 Å². The highest BCUT2D eigenvalue weighted by atomic mass is 32.2. The molecule has 20 heavy (non-hydrogen) atoms. The number of aryl methyl sites for hydroxylation is 2. The fourth-order valence-electron chi connectivity index (χ4n) is 1.84. The van der Waals surface area contributed by atoms with E-state index in [-0.39, 0.29) is 28.5 Å². The van der Waals surface area contributed by atoms with E-state index in [2.05, 4.69) is 4.74 Å². The summed E-state index contributed by atoms with van der Waals surface area (Å²) in [6.07, 6.45) is 0. The summed E-state index contributed by atoms with van der Waals surface area (Å²) in [4.78, 5) is 11.6. The zero-order valence-corrected chi connectivity index (χ0v) is 13.1. The van der Waals surface area contributed by atoms with E-state index in [1.54, 1.807) is 6.92 Å². The van der Waals surface area contributed by atoms with Gasteiger partial charge in [-0.3, -0.25) is 0 Å². The van der Waals surface area contributed by atoms with Crippen LogP contribution in [0.15, 0.2) is 9.31 Å². The molecule has 1 aromatic rings. The van der Waals surface area contributed by atoms with Crippen molar-refractivity contribution in [1.82, 2.24) is 4.31 Å². The Balaban J connectivity index is 3.50. The fourth-order valence-corrected chi connectivity index (χ4v) is 3.58. The van der Waals surface area contributed by atoms with E-state index >= 15 is 0 Å². The smallest absolute Gasteiger partial charge is 0.342 e. The van der Waals surface area contributed by atoms with Crippen LogP contribution in [0.25, 0.3) is 0 Å². The molecule has 8 heteroatoms. The predicted molar refractivity (Wildman–Crippen MR) is 73.0 cm³/mol. The molecular weight excluding hydrogens is 284 g/mol. The van der Waals surface area contributed by atoms with Crippen molar-refractivity contribution in [3.05, 3.63) is 17.1 Å². The van der Waals surface area contributed by atoms with Crippen LogP contribution in [0.5, 0.6) is 0 Å². The average molecular weight is 304 g/mol. The van der Waals surface area contributed by atoms with E-state index in [1.807, 2.05) is 0 Å². The normalized spacial score (nSPS) is 13.6. The Morgan fingerprint density at radius 1 is 1.40 bits per heavy atom. The van der Waals surface area contributed by atoms with Gasteiger partial charge >= 0.3 is 5.97 Å². The highest BCUT2D eigenvalue weighted by molar-refractivity contribution is 7.89. The number of likely N-dealkylation sites (N-methyl/N-ethyl adjacent to an activating group) is 1. The topological polar surface area (TPSA) is 103 Å². The molecule has 0 radical (unpaired) electrons. The van der Waals surface area contributed by atoms with Gasteiger partial charge in [-0.05, 0) is 20.8 Å². The molecule has 0 aliphatic rings. The van der Waals surface area contributed by atoms with Crippen LogP contribution in [0.4, 0.5) is 0 Å². The minimum atomic E-state index is -3.89. The van der Waals surface area contributed by atoms with E-state index in [0.29, 0.717) is 0 Å². The van der Waals surface area contributed by atoms with Crippen molar-refractivity contribution >= 4 is 16.0 Å². The van der Waals surface area contributed by atoms with Gasteiger partial charge in [0.15, 0.2) is 0 Å². The van der Waals surface area contributed by atoms with Gasteiger partial charge in [0, 0.05) is 19.6 Å². The Hall–Kier alpha value is -1.38. The number of nitrogens with zero attached hydrogens (tertiary/aromatic N) is 1. The molecule has 7 nitrogen and oxygen atoms in total. The van der Waals surface area contributed by atoms with Crippen LogP contribution in [0.2, 0.25) is 0 Å². The number of hydrogen-bond donors (Lipinski definition) is 1. The highest BCUT2D eigenvalue weighted by Crippen LogP contribution is 2.29. The Kier molecular flexibility index (Phi) is 4.95. The molecule has 0 fully saturated rings. The summed E-state index contributed by atoms with van der Waals surface area (Å²) in [5.41, 5.74) is 5.43. The van der Waals surface area contributed by atoms with Crippen LogP contribution in [-0.2, 0) is 14.8 Å². The lowest BCUT2D eigenvalue weighted by molar-refractivity contribution is 0.0594. The number of methoxy groups -OCH3 is 1. The number of rotatable bonds is 5. The maximum absolute atomic E-state index is 12.6. The second-order valence-electron chi connectivity index (χ2n) is 4.52. The van der Waals surface area contributed by atoms with E-state index in [0.717, 1.165) is 4.31 Å². The molecule has 0 amide bonds. The van der Waals surface area contributed by atoms with E-state index in [4.69, 9.17) is 10.2 Å². The third-order valence-corrected chi connectivity index (χ3v) is 5.32. The second-order valence-corrected chi connectivity index (χ2v) is 6.45. The summed E-state index contributed by atoms with van der Waals surface area (Å²) < 4.78 is 36.2. The monoisotopic (exact) mass is 304 g/mol. The standard InChI is InChI=1S/C12H20N2O5S/c1-7(6-13)14(4)20(16,17)11-9(3)19-8(2)10(11)12(15)18-5/h7H,6,13H2,1-5H3. The Morgan fingerprint density at radius 3 is 2.40 bits per heavy atom. The molecule has 2 N–H and O–H groups in total. The molecule has 1 unspecified atom stereocenters. The van der Waals surface area contributed by atoms with Crippen LogP contribution in [0, 0.1) is 13.8 Å². The lowest BCUT2D eigenvalue weighted by atomic mass is 10.2. The van der Waals surface area contributed by atoms with E-state index in [9.17, 15) is 13.2 Å². The number of sulfonamides is 1. The first-order valence-electron chi connectivity index (χ1n) is 6.04. The molecule has 0 saturated heterocycles. The molecule has 0 aliphatic heterocycles. The third kappa shape index (κ3) is 2.72. The van der Waals surface area contributed by atoms with Gasteiger partial charge in [-0.2, -0.15) is 4.31 Å². The number of hydrogen-bond acceptors (Lipinski definition) is 6. The third-order valence-electron chi connectivity index (χ3n) is 3.19. The molecule has 0 aromatic carbocycles. The number of ether oxygens (including phenoxy) is 1. The average Bonchev–Trinajstić information content (AvgIpc) is 2.71. The van der Waals surface area contributed by atoms with Gasteiger partial charge in [-0.15, -0.1) is 0 Å². The summed E-state index contributed by atoms with van der Waals surface area (Å²) in [7, 11) is -1.29. The van der Waals surface area contributed by atoms with Gasteiger partial charge < -0.3 is 14.9 Å². The van der Waals surface area contributed by atoms with E-state index < -0.39 is 22.0 Å². The molecular formula is C12H20N2O5S. The number of nitrogens with two attached hydrogens (primary N) is 1. The zero-order chi connectivity index (χ0) is 15.7. The molecule has 0 aliphatic carbocycles. The quantitative estimate of drug-likeness (QED) is 0.801. The van der Waals surface area contributed by atoms with Crippen LogP contribution in [0.3, 0.4) is 0 Å². The van der Waals surface area contributed by atoms with Gasteiger partial charge in [0.2, 0.25) is 10.0 Å². The van der Waals surface area contributed by atoms with Crippen molar-refractivity contribution in [3.8, 4) is 0 Å². The summed E-state index contributed by atoms with van der Waals surface area (Å²) in [6, 6.07) is -0.403. The van der Waals surface area contributed by atoms with Gasteiger partial charge in [-0.1, -0.05) is 0 Å². The molecule has 0 spiro atoms. The van der Waals surface area contributed by atoms with Gasteiger partial charge in [-0.25, -0.2) is 13.2 Å². The van der Waals surface area contributed by atoms with Crippen molar-refractivity contribution in [2.24, 2.45) is 5.73 Å². The molecule has 1 atom stereocenters. The predicted octanol–water partition coefficient (Wildman–Crippen LogP) is 0.651. The maximum Gasteiger partial charge on any atom is 0.342 e. The summed E-state index contributed by atoms with van der Waals surface area (Å²) in [5, 5.41) is 0. The molecule has 1 rings (SSSR count). The Labute approximate surface area is 118 Å². The Bertz CT molecular complexity index is 606. The molecule has 114 valence electrons. The highest BCUT2D eigenvalue weighted by Gasteiger charge is 2.35.